The number of anilines is 1. The van der Waals surface area contributed by atoms with Gasteiger partial charge in [-0.1, -0.05) is 41.6 Å². The number of hydrogen-bond donors (Lipinski definition) is 1. The molecule has 1 aromatic carbocycles. The minimum Gasteiger partial charge on any atom is -0.383 e. The van der Waals surface area contributed by atoms with Crippen molar-refractivity contribution in [2.24, 2.45) is 0 Å². The Bertz CT molecular complexity index is 861. The molecule has 0 fully saturated rings. The highest BCUT2D eigenvalue weighted by atomic mass is 32.2. The van der Waals surface area contributed by atoms with Gasteiger partial charge in [-0.05, 0) is 23.9 Å². The standard InChI is InChI=1S/C17H18N4OS2/c1-11-3-5-12(6-4-11)9-21(2)14(22)10-24-17-19-15(18)13-7-8-23-16(13)20-17/h3-8H,9-10H2,1-2H3,(H2,18,19,20). The van der Waals surface area contributed by atoms with Crippen molar-refractivity contribution in [1.29, 1.82) is 0 Å². The molecule has 0 saturated carbocycles. The van der Waals surface area contributed by atoms with E-state index in [0.29, 0.717) is 23.3 Å². The smallest absolute Gasteiger partial charge is 0.233 e. The highest BCUT2D eigenvalue weighted by molar-refractivity contribution is 7.99. The largest absolute Gasteiger partial charge is 0.383 e. The van der Waals surface area contributed by atoms with E-state index in [0.717, 1.165) is 15.8 Å². The number of aryl methyl sites for hydroxylation is 1. The second kappa shape index (κ2) is 7.19. The van der Waals surface area contributed by atoms with Crippen molar-refractivity contribution in [2.75, 3.05) is 18.5 Å². The molecule has 3 aromatic rings. The first-order valence-corrected chi connectivity index (χ1v) is 9.32. The Morgan fingerprint density at radius 1 is 1.25 bits per heavy atom. The average Bonchev–Trinajstić information content (AvgIpc) is 3.04. The lowest BCUT2D eigenvalue weighted by atomic mass is 10.1. The zero-order valence-corrected chi connectivity index (χ0v) is 15.2. The number of thiophene rings is 1. The third-order valence-electron chi connectivity index (χ3n) is 3.62. The van der Waals surface area contributed by atoms with Gasteiger partial charge < -0.3 is 10.6 Å². The molecule has 0 aliphatic rings. The van der Waals surface area contributed by atoms with Crippen LogP contribution in [0.15, 0.2) is 40.9 Å². The maximum Gasteiger partial charge on any atom is 0.233 e. The molecule has 124 valence electrons. The number of aromatic nitrogens is 2. The molecule has 0 saturated heterocycles. The highest BCUT2D eigenvalue weighted by Gasteiger charge is 2.13. The number of nitrogens with zero attached hydrogens (tertiary/aromatic N) is 3. The van der Waals surface area contributed by atoms with Gasteiger partial charge >= 0.3 is 0 Å². The van der Waals surface area contributed by atoms with E-state index in [1.165, 1.54) is 28.7 Å². The molecular weight excluding hydrogens is 340 g/mol. The fraction of sp³-hybridized carbons (Fsp3) is 0.235. The summed E-state index contributed by atoms with van der Waals surface area (Å²) in [4.78, 5) is 23.6. The molecule has 24 heavy (non-hydrogen) atoms. The molecule has 2 N–H and O–H groups in total. The lowest BCUT2D eigenvalue weighted by Crippen LogP contribution is -2.27. The number of carbonyl (C=O) groups excluding carboxylic acids is 1. The Hall–Kier alpha value is -2.12. The van der Waals surface area contributed by atoms with E-state index in [1.54, 1.807) is 11.9 Å². The van der Waals surface area contributed by atoms with Crippen LogP contribution in [0, 0.1) is 6.92 Å². The van der Waals surface area contributed by atoms with Gasteiger partial charge in [-0.15, -0.1) is 11.3 Å². The predicted molar refractivity (Wildman–Crippen MR) is 100 cm³/mol. The monoisotopic (exact) mass is 358 g/mol. The summed E-state index contributed by atoms with van der Waals surface area (Å²) in [7, 11) is 1.81. The molecule has 2 heterocycles. The third-order valence-corrected chi connectivity index (χ3v) is 5.26. The van der Waals surface area contributed by atoms with Crippen LogP contribution < -0.4 is 5.73 Å². The fourth-order valence-corrected chi connectivity index (χ4v) is 3.84. The number of hydrogen-bond acceptors (Lipinski definition) is 6. The van der Waals surface area contributed by atoms with Crippen molar-refractivity contribution < 1.29 is 4.79 Å². The van der Waals surface area contributed by atoms with Crippen LogP contribution >= 0.6 is 23.1 Å². The minimum absolute atomic E-state index is 0.0361. The number of thioether (sulfide) groups is 1. The van der Waals surface area contributed by atoms with Gasteiger partial charge in [-0.2, -0.15) is 0 Å². The maximum absolute atomic E-state index is 12.3. The summed E-state index contributed by atoms with van der Waals surface area (Å²) in [5, 5.41) is 3.34. The molecule has 5 nitrogen and oxygen atoms in total. The van der Waals surface area contributed by atoms with Gasteiger partial charge in [0.05, 0.1) is 11.1 Å². The quantitative estimate of drug-likeness (QED) is 0.559. The van der Waals surface area contributed by atoms with Crippen molar-refractivity contribution in [3.8, 4) is 0 Å². The van der Waals surface area contributed by atoms with Crippen LogP contribution in [0.5, 0.6) is 0 Å². The molecule has 0 unspecified atom stereocenters. The van der Waals surface area contributed by atoms with E-state index in [1.807, 2.05) is 30.5 Å². The molecule has 0 aliphatic heterocycles. The minimum atomic E-state index is 0.0361. The van der Waals surface area contributed by atoms with Crippen LogP contribution in [0.4, 0.5) is 5.82 Å². The van der Waals surface area contributed by atoms with E-state index in [2.05, 4.69) is 22.1 Å². The van der Waals surface area contributed by atoms with E-state index in [9.17, 15) is 4.79 Å². The van der Waals surface area contributed by atoms with Crippen LogP contribution in [0.2, 0.25) is 0 Å². The van der Waals surface area contributed by atoms with Gasteiger partial charge in [0.25, 0.3) is 0 Å². The molecule has 1 amide bonds. The number of nitrogen functional groups attached to an aromatic ring is 1. The van der Waals surface area contributed by atoms with Crippen LogP contribution in [0.3, 0.4) is 0 Å². The number of benzene rings is 1. The Balaban J connectivity index is 1.60. The van der Waals surface area contributed by atoms with Crippen molar-refractivity contribution in [3.05, 3.63) is 46.8 Å². The summed E-state index contributed by atoms with van der Waals surface area (Å²) >= 11 is 2.83. The fourth-order valence-electron chi connectivity index (χ4n) is 2.21. The normalized spacial score (nSPS) is 10.9. The Morgan fingerprint density at radius 2 is 2.00 bits per heavy atom. The first-order chi connectivity index (χ1) is 11.5. The lowest BCUT2D eigenvalue weighted by Gasteiger charge is -2.17. The Morgan fingerprint density at radius 3 is 2.75 bits per heavy atom. The van der Waals surface area contributed by atoms with Gasteiger partial charge in [0.15, 0.2) is 5.16 Å². The van der Waals surface area contributed by atoms with Crippen LogP contribution in [0.1, 0.15) is 11.1 Å². The van der Waals surface area contributed by atoms with E-state index in [-0.39, 0.29) is 5.91 Å². The van der Waals surface area contributed by atoms with Crippen molar-refractivity contribution in [2.45, 2.75) is 18.6 Å². The Labute approximate surface area is 148 Å². The van der Waals surface area contributed by atoms with Gasteiger partial charge in [-0.3, -0.25) is 4.79 Å². The molecule has 3 rings (SSSR count). The number of rotatable bonds is 5. The number of carbonyl (C=O) groups is 1. The Kier molecular flexibility index (Phi) is 5.01. The van der Waals surface area contributed by atoms with Crippen LogP contribution in [-0.2, 0) is 11.3 Å². The van der Waals surface area contributed by atoms with Crippen molar-refractivity contribution in [1.82, 2.24) is 14.9 Å². The molecular formula is C17H18N4OS2. The first-order valence-electron chi connectivity index (χ1n) is 7.46. The molecule has 0 bridgehead atoms. The maximum atomic E-state index is 12.3. The molecule has 2 aromatic heterocycles. The molecule has 0 radical (unpaired) electrons. The summed E-state index contributed by atoms with van der Waals surface area (Å²) in [6.45, 7) is 2.64. The average molecular weight is 358 g/mol. The number of amides is 1. The topological polar surface area (TPSA) is 72.1 Å². The second-order valence-electron chi connectivity index (χ2n) is 5.55. The SMILES string of the molecule is Cc1ccc(CN(C)C(=O)CSc2nc(N)c3ccsc3n2)cc1. The van der Waals surface area contributed by atoms with Crippen LogP contribution in [0.25, 0.3) is 10.2 Å². The van der Waals surface area contributed by atoms with Gasteiger partial charge in [0, 0.05) is 13.6 Å². The highest BCUT2D eigenvalue weighted by Crippen LogP contribution is 2.26. The molecule has 0 atom stereocenters. The zero-order chi connectivity index (χ0) is 17.1. The predicted octanol–water partition coefficient (Wildman–Crippen LogP) is 3.33. The third kappa shape index (κ3) is 3.85. The first kappa shape index (κ1) is 16.7. The second-order valence-corrected chi connectivity index (χ2v) is 7.39. The van der Waals surface area contributed by atoms with Crippen LogP contribution in [-0.4, -0.2) is 33.6 Å². The van der Waals surface area contributed by atoms with E-state index in [4.69, 9.17) is 5.73 Å². The zero-order valence-electron chi connectivity index (χ0n) is 13.5. The van der Waals surface area contributed by atoms with Crippen molar-refractivity contribution in [3.63, 3.8) is 0 Å². The number of nitrogens with two attached hydrogens (primary N) is 1. The number of fused-ring (bicyclic) bond motifs is 1. The molecule has 7 heteroatoms. The molecule has 0 aliphatic carbocycles. The summed E-state index contributed by atoms with van der Waals surface area (Å²) in [5.41, 5.74) is 8.25. The summed E-state index contributed by atoms with van der Waals surface area (Å²) < 4.78 is 0. The lowest BCUT2D eigenvalue weighted by molar-refractivity contribution is -0.127. The molecule has 0 spiro atoms. The van der Waals surface area contributed by atoms with Gasteiger partial charge in [-0.25, -0.2) is 9.97 Å². The van der Waals surface area contributed by atoms with Gasteiger partial charge in [0.1, 0.15) is 10.6 Å². The summed E-state index contributed by atoms with van der Waals surface area (Å²) in [6, 6.07) is 10.1. The summed E-state index contributed by atoms with van der Waals surface area (Å²) in [5.74, 6) is 0.789. The van der Waals surface area contributed by atoms with E-state index < -0.39 is 0 Å². The van der Waals surface area contributed by atoms with Crippen molar-refractivity contribution >= 4 is 45.0 Å². The van der Waals surface area contributed by atoms with Gasteiger partial charge in [0.2, 0.25) is 5.91 Å². The summed E-state index contributed by atoms with van der Waals surface area (Å²) in [6.07, 6.45) is 0. The van der Waals surface area contributed by atoms with E-state index >= 15 is 0 Å².